The number of nitrogens with zero attached hydrogens (tertiary/aromatic N) is 3. The van der Waals surface area contributed by atoms with Crippen LogP contribution in [0.5, 0.6) is 0 Å². The number of benzene rings is 1. The van der Waals surface area contributed by atoms with E-state index < -0.39 is 11.6 Å². The van der Waals surface area contributed by atoms with Gasteiger partial charge in [-0.2, -0.15) is 0 Å². The van der Waals surface area contributed by atoms with Crippen molar-refractivity contribution in [2.75, 3.05) is 38.1 Å². The number of guanidine groups is 1. The Hall–Kier alpha value is -1.42. The van der Waals surface area contributed by atoms with Gasteiger partial charge in [0.05, 0.1) is 5.00 Å². The largest absolute Gasteiger partial charge is 0.360 e. The lowest BCUT2D eigenvalue weighted by molar-refractivity contribution is 0.372. The summed E-state index contributed by atoms with van der Waals surface area (Å²) in [6, 6.07) is 8.31. The smallest absolute Gasteiger partial charge is 0.194 e. The van der Waals surface area contributed by atoms with Gasteiger partial charge in [0.15, 0.2) is 5.96 Å². The SMILES string of the molecule is CN=C(NC1CC1c1c(F)cccc1F)N1CCN(c2cccs2)CC1.I. The van der Waals surface area contributed by atoms with Crippen molar-refractivity contribution in [2.24, 2.45) is 4.99 Å². The zero-order valence-electron chi connectivity index (χ0n) is 15.1. The van der Waals surface area contributed by atoms with Crippen molar-refractivity contribution in [1.29, 1.82) is 0 Å². The monoisotopic (exact) mass is 504 g/mol. The molecule has 2 fully saturated rings. The van der Waals surface area contributed by atoms with Crippen LogP contribution in [0.15, 0.2) is 40.7 Å². The molecule has 4 nitrogen and oxygen atoms in total. The number of aliphatic imine (C=N–C) groups is 1. The summed E-state index contributed by atoms with van der Waals surface area (Å²) in [6.07, 6.45) is 0.728. The molecule has 146 valence electrons. The number of hydrogen-bond acceptors (Lipinski definition) is 3. The minimum absolute atomic E-state index is 0. The van der Waals surface area contributed by atoms with Gasteiger partial charge < -0.3 is 15.1 Å². The molecule has 2 unspecified atom stereocenters. The van der Waals surface area contributed by atoms with Crippen LogP contribution in [0.25, 0.3) is 0 Å². The highest BCUT2D eigenvalue weighted by Gasteiger charge is 2.43. The van der Waals surface area contributed by atoms with E-state index in [9.17, 15) is 8.78 Å². The fourth-order valence-electron chi connectivity index (χ4n) is 3.59. The van der Waals surface area contributed by atoms with Crippen LogP contribution in [0.2, 0.25) is 0 Å². The van der Waals surface area contributed by atoms with Crippen LogP contribution in [-0.2, 0) is 0 Å². The predicted octanol–water partition coefficient (Wildman–Crippen LogP) is 3.90. The number of piperazine rings is 1. The van der Waals surface area contributed by atoms with Gasteiger partial charge in [-0.1, -0.05) is 6.07 Å². The van der Waals surface area contributed by atoms with Gasteiger partial charge in [0.25, 0.3) is 0 Å². The van der Waals surface area contributed by atoms with Crippen molar-refractivity contribution in [3.63, 3.8) is 0 Å². The van der Waals surface area contributed by atoms with Gasteiger partial charge >= 0.3 is 0 Å². The standard InChI is InChI=1S/C19H22F2N4S.HI/c1-22-19(25-9-7-24(8-10-25)17-6-3-11-26-17)23-16-12-13(16)18-14(20)4-2-5-15(18)21;/h2-6,11,13,16H,7-10,12H2,1H3,(H,22,23);1H. The van der Waals surface area contributed by atoms with Gasteiger partial charge in [-0.3, -0.25) is 4.99 Å². The van der Waals surface area contributed by atoms with Crippen molar-refractivity contribution < 1.29 is 8.78 Å². The lowest BCUT2D eigenvalue weighted by atomic mass is 10.1. The summed E-state index contributed by atoms with van der Waals surface area (Å²) in [7, 11) is 1.76. The highest BCUT2D eigenvalue weighted by atomic mass is 127. The molecule has 1 aromatic carbocycles. The van der Waals surface area contributed by atoms with Crippen LogP contribution in [0.4, 0.5) is 13.8 Å². The highest BCUT2D eigenvalue weighted by molar-refractivity contribution is 14.0. The van der Waals surface area contributed by atoms with Crippen molar-refractivity contribution >= 4 is 46.3 Å². The van der Waals surface area contributed by atoms with Crippen molar-refractivity contribution in [2.45, 2.75) is 18.4 Å². The van der Waals surface area contributed by atoms with E-state index in [2.05, 4.69) is 37.6 Å². The number of halogens is 3. The molecule has 27 heavy (non-hydrogen) atoms. The summed E-state index contributed by atoms with van der Waals surface area (Å²) in [4.78, 5) is 8.98. The molecule has 1 aliphatic heterocycles. The van der Waals surface area contributed by atoms with Crippen LogP contribution in [0.1, 0.15) is 17.9 Å². The third-order valence-corrected chi connectivity index (χ3v) is 6.01. The molecule has 0 bridgehead atoms. The van der Waals surface area contributed by atoms with Gasteiger partial charge in [0, 0.05) is 50.7 Å². The number of nitrogens with one attached hydrogen (secondary N) is 1. The second kappa shape index (κ2) is 8.72. The lowest BCUT2D eigenvalue weighted by Crippen LogP contribution is -2.53. The number of thiophene rings is 1. The Kier molecular flexibility index (Phi) is 6.56. The molecule has 1 aromatic heterocycles. The molecule has 2 heterocycles. The van der Waals surface area contributed by atoms with E-state index in [1.807, 2.05) is 0 Å². The number of hydrogen-bond donors (Lipinski definition) is 1. The second-order valence-corrected chi connectivity index (χ2v) is 7.63. The van der Waals surface area contributed by atoms with Crippen LogP contribution in [0, 0.1) is 11.6 Å². The first kappa shape index (κ1) is 20.3. The maximum Gasteiger partial charge on any atom is 0.194 e. The maximum absolute atomic E-state index is 14.0. The Morgan fingerprint density at radius 1 is 1.11 bits per heavy atom. The Labute approximate surface area is 179 Å². The fraction of sp³-hybridized carbons (Fsp3) is 0.421. The molecule has 1 saturated carbocycles. The third-order valence-electron chi connectivity index (χ3n) is 5.08. The van der Waals surface area contributed by atoms with E-state index in [1.54, 1.807) is 18.4 Å². The van der Waals surface area contributed by atoms with Gasteiger partial charge in [0.2, 0.25) is 0 Å². The van der Waals surface area contributed by atoms with Gasteiger partial charge in [-0.15, -0.1) is 35.3 Å². The molecular formula is C19H23F2IN4S. The van der Waals surface area contributed by atoms with Crippen molar-refractivity contribution in [1.82, 2.24) is 10.2 Å². The molecule has 8 heteroatoms. The van der Waals surface area contributed by atoms with Gasteiger partial charge in [-0.25, -0.2) is 8.78 Å². The predicted molar refractivity (Wildman–Crippen MR) is 118 cm³/mol. The Balaban J connectivity index is 0.00000210. The third kappa shape index (κ3) is 4.37. The molecule has 0 radical (unpaired) electrons. The van der Waals surface area contributed by atoms with Crippen LogP contribution in [0.3, 0.4) is 0 Å². The van der Waals surface area contributed by atoms with E-state index in [-0.39, 0.29) is 41.5 Å². The van der Waals surface area contributed by atoms with Crippen LogP contribution >= 0.6 is 35.3 Å². The normalized spacial score (nSPS) is 22.4. The summed E-state index contributed by atoms with van der Waals surface area (Å²) >= 11 is 1.76. The summed E-state index contributed by atoms with van der Waals surface area (Å²) in [5.74, 6) is -0.224. The molecular weight excluding hydrogens is 481 g/mol. The number of anilines is 1. The van der Waals surface area contributed by atoms with Gasteiger partial charge in [-0.05, 0) is 36.1 Å². The van der Waals surface area contributed by atoms with Gasteiger partial charge in [0.1, 0.15) is 11.6 Å². The fourth-order valence-corrected chi connectivity index (χ4v) is 4.38. The molecule has 2 atom stereocenters. The summed E-state index contributed by atoms with van der Waals surface area (Å²) in [5, 5.41) is 6.78. The Morgan fingerprint density at radius 3 is 2.41 bits per heavy atom. The van der Waals surface area contributed by atoms with Crippen molar-refractivity contribution in [3.8, 4) is 0 Å². The molecule has 2 aromatic rings. The zero-order chi connectivity index (χ0) is 18.1. The molecule has 1 saturated heterocycles. The minimum Gasteiger partial charge on any atom is -0.360 e. The molecule has 1 aliphatic carbocycles. The topological polar surface area (TPSA) is 30.9 Å². The van der Waals surface area contributed by atoms with E-state index in [4.69, 9.17) is 0 Å². The van der Waals surface area contributed by atoms with E-state index in [0.717, 1.165) is 38.6 Å². The first-order valence-electron chi connectivity index (χ1n) is 8.88. The quantitative estimate of drug-likeness (QED) is 0.391. The second-order valence-electron chi connectivity index (χ2n) is 6.70. The molecule has 0 spiro atoms. The van der Waals surface area contributed by atoms with Crippen LogP contribution in [-0.4, -0.2) is 50.1 Å². The lowest BCUT2D eigenvalue weighted by Gasteiger charge is -2.37. The molecule has 4 rings (SSSR count). The molecule has 1 N–H and O–H groups in total. The Morgan fingerprint density at radius 2 is 1.81 bits per heavy atom. The highest BCUT2D eigenvalue weighted by Crippen LogP contribution is 2.43. The van der Waals surface area contributed by atoms with Crippen LogP contribution < -0.4 is 10.2 Å². The zero-order valence-corrected chi connectivity index (χ0v) is 18.2. The summed E-state index contributed by atoms with van der Waals surface area (Å²) < 4.78 is 27.9. The first-order valence-corrected chi connectivity index (χ1v) is 9.76. The summed E-state index contributed by atoms with van der Waals surface area (Å²) in [5.41, 5.74) is 0.197. The van der Waals surface area contributed by atoms with Crippen molar-refractivity contribution in [3.05, 3.63) is 52.9 Å². The van der Waals surface area contributed by atoms with E-state index >= 15 is 0 Å². The first-order chi connectivity index (χ1) is 12.7. The average molecular weight is 504 g/mol. The number of rotatable bonds is 3. The molecule has 2 aliphatic rings. The van der Waals surface area contributed by atoms with E-state index in [0.29, 0.717) is 0 Å². The maximum atomic E-state index is 14.0. The summed E-state index contributed by atoms with van der Waals surface area (Å²) in [6.45, 7) is 3.64. The minimum atomic E-state index is -0.459. The average Bonchev–Trinajstić information content (AvgIpc) is 3.17. The van der Waals surface area contributed by atoms with E-state index in [1.165, 1.54) is 23.2 Å². The Bertz CT molecular complexity index is 771. The molecule has 0 amide bonds.